The van der Waals surface area contributed by atoms with Crippen LogP contribution in [0.4, 0.5) is 10.5 Å². The van der Waals surface area contributed by atoms with Gasteiger partial charge in [-0.1, -0.05) is 24.3 Å². The van der Waals surface area contributed by atoms with Gasteiger partial charge in [0.05, 0.1) is 33.4 Å². The van der Waals surface area contributed by atoms with E-state index in [-0.39, 0.29) is 12.3 Å². The summed E-state index contributed by atoms with van der Waals surface area (Å²) in [5.74, 6) is 1.33. The van der Waals surface area contributed by atoms with Gasteiger partial charge in [0.1, 0.15) is 5.75 Å². The first-order valence-corrected chi connectivity index (χ1v) is 11.6. The first-order valence-electron chi connectivity index (χ1n) is 11.6. The van der Waals surface area contributed by atoms with E-state index in [2.05, 4.69) is 5.32 Å². The molecular formula is C28H28N2O7. The van der Waals surface area contributed by atoms with Gasteiger partial charge in [-0.2, -0.15) is 0 Å². The number of nitrogens with one attached hydrogen (secondary N) is 1. The fourth-order valence-corrected chi connectivity index (χ4v) is 4.38. The second-order valence-electron chi connectivity index (χ2n) is 8.11. The van der Waals surface area contributed by atoms with Crippen LogP contribution < -0.4 is 29.8 Å². The van der Waals surface area contributed by atoms with Gasteiger partial charge in [0.25, 0.3) is 5.56 Å². The molecule has 0 saturated carbocycles. The molecule has 0 atom stereocenters. The lowest BCUT2D eigenvalue weighted by Gasteiger charge is -2.20. The number of carboxylic acid groups (broad SMARTS) is 1. The van der Waals surface area contributed by atoms with Crippen molar-refractivity contribution in [3.8, 4) is 34.1 Å². The predicted molar refractivity (Wildman–Crippen MR) is 142 cm³/mol. The summed E-state index contributed by atoms with van der Waals surface area (Å²) in [6, 6.07) is 18.0. The zero-order valence-corrected chi connectivity index (χ0v) is 21.0. The summed E-state index contributed by atoms with van der Waals surface area (Å²) in [4.78, 5) is 25.6. The minimum atomic E-state index is -1.58. The van der Waals surface area contributed by atoms with Gasteiger partial charge >= 0.3 is 6.16 Å². The van der Waals surface area contributed by atoms with Crippen LogP contribution in [0, 0.1) is 0 Å². The Morgan fingerprint density at radius 3 is 2.32 bits per heavy atom. The molecule has 0 unspecified atom stereocenters. The number of ether oxygens (including phenoxy) is 4. The number of nitrogens with zero attached hydrogens (tertiary/aromatic N) is 1. The molecule has 0 spiro atoms. The largest absolute Gasteiger partial charge is 0.511 e. The normalized spacial score (nSPS) is 10.7. The van der Waals surface area contributed by atoms with Crippen molar-refractivity contribution in [3.63, 3.8) is 0 Å². The SMILES string of the molecule is CCNc1ccc2c(c1)c(-c1ccc(OC)cc1)c(OC(=O)O)c(=O)n2Cc1cccc(OC)c1OC. The van der Waals surface area contributed by atoms with Gasteiger partial charge in [-0.05, 0) is 48.9 Å². The Morgan fingerprint density at radius 2 is 1.70 bits per heavy atom. The van der Waals surface area contributed by atoms with Crippen LogP contribution >= 0.6 is 0 Å². The molecule has 4 aromatic rings. The molecule has 2 N–H and O–H groups in total. The number of para-hydroxylation sites is 1. The maximum Gasteiger partial charge on any atom is 0.511 e. The fourth-order valence-electron chi connectivity index (χ4n) is 4.38. The third-order valence-corrected chi connectivity index (χ3v) is 5.99. The van der Waals surface area contributed by atoms with Crippen LogP contribution in [0.5, 0.6) is 23.0 Å². The van der Waals surface area contributed by atoms with Crippen LogP contribution in [0.2, 0.25) is 0 Å². The van der Waals surface area contributed by atoms with E-state index in [1.165, 1.54) is 18.8 Å². The van der Waals surface area contributed by atoms with Crippen LogP contribution in [-0.4, -0.2) is 43.7 Å². The average Bonchev–Trinajstić information content (AvgIpc) is 2.91. The van der Waals surface area contributed by atoms with Crippen molar-refractivity contribution in [1.82, 2.24) is 4.57 Å². The van der Waals surface area contributed by atoms with Gasteiger partial charge in [0.15, 0.2) is 11.5 Å². The number of carbonyl (C=O) groups is 1. The van der Waals surface area contributed by atoms with Crippen LogP contribution in [0.15, 0.2) is 65.5 Å². The minimum absolute atomic E-state index is 0.0924. The lowest BCUT2D eigenvalue weighted by Crippen LogP contribution is -2.25. The van der Waals surface area contributed by atoms with E-state index >= 15 is 0 Å². The van der Waals surface area contributed by atoms with Crippen LogP contribution in [0.3, 0.4) is 0 Å². The number of fused-ring (bicyclic) bond motifs is 1. The van der Waals surface area contributed by atoms with E-state index in [4.69, 9.17) is 18.9 Å². The second-order valence-corrected chi connectivity index (χ2v) is 8.11. The molecule has 9 heteroatoms. The number of pyridine rings is 1. The molecule has 0 aliphatic heterocycles. The Labute approximate surface area is 213 Å². The van der Waals surface area contributed by atoms with Gasteiger partial charge in [-0.3, -0.25) is 4.79 Å². The van der Waals surface area contributed by atoms with Crippen molar-refractivity contribution in [2.45, 2.75) is 13.5 Å². The third kappa shape index (κ3) is 5.02. The lowest BCUT2D eigenvalue weighted by atomic mass is 9.98. The van der Waals surface area contributed by atoms with Gasteiger partial charge < -0.3 is 33.9 Å². The van der Waals surface area contributed by atoms with E-state index in [0.29, 0.717) is 51.4 Å². The highest BCUT2D eigenvalue weighted by Gasteiger charge is 2.23. The first-order chi connectivity index (χ1) is 17.9. The quantitative estimate of drug-likeness (QED) is 0.298. The lowest BCUT2D eigenvalue weighted by molar-refractivity contribution is 0.144. The van der Waals surface area contributed by atoms with E-state index in [0.717, 1.165) is 5.69 Å². The smallest absolute Gasteiger partial charge is 0.497 e. The summed E-state index contributed by atoms with van der Waals surface area (Å²) in [6.07, 6.45) is -1.58. The molecule has 0 fully saturated rings. The number of hydrogen-bond donors (Lipinski definition) is 2. The van der Waals surface area contributed by atoms with Crippen LogP contribution in [-0.2, 0) is 6.54 Å². The van der Waals surface area contributed by atoms with Crippen molar-refractivity contribution >= 4 is 22.7 Å². The number of methoxy groups -OCH3 is 3. The molecule has 3 aromatic carbocycles. The molecule has 1 heterocycles. The molecular weight excluding hydrogens is 476 g/mol. The van der Waals surface area contributed by atoms with Crippen molar-refractivity contribution in [2.75, 3.05) is 33.2 Å². The zero-order chi connectivity index (χ0) is 26.5. The minimum Gasteiger partial charge on any atom is -0.497 e. The molecule has 4 rings (SSSR count). The standard InChI is InChI=1S/C28H28N2O7/c1-5-29-19-11-14-22-21(15-19)24(17-9-12-20(34-2)13-10-17)26(37-28(32)33)27(31)30(22)16-18-7-6-8-23(35-3)25(18)36-4/h6-15,29H,5,16H2,1-4H3,(H,32,33). The highest BCUT2D eigenvalue weighted by molar-refractivity contribution is 6.00. The third-order valence-electron chi connectivity index (χ3n) is 5.99. The van der Waals surface area contributed by atoms with Crippen LogP contribution in [0.25, 0.3) is 22.0 Å². The highest BCUT2D eigenvalue weighted by atomic mass is 16.7. The molecule has 0 amide bonds. The molecule has 0 aliphatic rings. The molecule has 0 radical (unpaired) electrons. The Bertz CT molecular complexity index is 1490. The van der Waals surface area contributed by atoms with Crippen molar-refractivity contribution in [1.29, 1.82) is 0 Å². The van der Waals surface area contributed by atoms with Gasteiger partial charge in [0.2, 0.25) is 5.75 Å². The predicted octanol–water partition coefficient (Wildman–Crippen LogP) is 5.23. The molecule has 0 saturated heterocycles. The average molecular weight is 505 g/mol. The van der Waals surface area contributed by atoms with Crippen molar-refractivity contribution in [3.05, 3.63) is 76.6 Å². The summed E-state index contributed by atoms with van der Waals surface area (Å²) < 4.78 is 22.9. The number of rotatable bonds is 9. The Hall–Kier alpha value is -4.66. The van der Waals surface area contributed by atoms with E-state index < -0.39 is 11.7 Å². The van der Waals surface area contributed by atoms with Gasteiger partial charge in [-0.25, -0.2) is 4.79 Å². The Balaban J connectivity index is 2.06. The molecule has 1 aromatic heterocycles. The van der Waals surface area contributed by atoms with Gasteiger partial charge in [-0.15, -0.1) is 0 Å². The summed E-state index contributed by atoms with van der Waals surface area (Å²) >= 11 is 0. The zero-order valence-electron chi connectivity index (χ0n) is 21.0. The molecule has 0 aliphatic carbocycles. The second kappa shape index (κ2) is 10.9. The number of anilines is 1. The van der Waals surface area contributed by atoms with E-state index in [1.807, 2.05) is 31.2 Å². The fraction of sp³-hybridized carbons (Fsp3) is 0.214. The molecule has 192 valence electrons. The Morgan fingerprint density at radius 1 is 0.946 bits per heavy atom. The maximum absolute atomic E-state index is 13.9. The molecule has 9 nitrogen and oxygen atoms in total. The monoisotopic (exact) mass is 504 g/mol. The number of benzene rings is 3. The van der Waals surface area contributed by atoms with Crippen LogP contribution in [0.1, 0.15) is 12.5 Å². The summed E-state index contributed by atoms with van der Waals surface area (Å²) in [6.45, 7) is 2.75. The Kier molecular flexibility index (Phi) is 7.52. The molecule has 0 bridgehead atoms. The van der Waals surface area contributed by atoms with Crippen molar-refractivity contribution < 1.29 is 28.8 Å². The number of hydrogen-bond acceptors (Lipinski definition) is 7. The summed E-state index contributed by atoms with van der Waals surface area (Å²) in [7, 11) is 4.62. The summed E-state index contributed by atoms with van der Waals surface area (Å²) in [5.41, 5.74) is 2.48. The van der Waals surface area contributed by atoms with E-state index in [9.17, 15) is 14.7 Å². The highest BCUT2D eigenvalue weighted by Crippen LogP contribution is 2.38. The van der Waals surface area contributed by atoms with E-state index in [1.54, 1.807) is 43.5 Å². The van der Waals surface area contributed by atoms with Gasteiger partial charge in [0, 0.05) is 28.7 Å². The maximum atomic E-state index is 13.9. The topological polar surface area (TPSA) is 108 Å². The molecule has 37 heavy (non-hydrogen) atoms. The first kappa shape index (κ1) is 25.4. The number of aromatic nitrogens is 1. The van der Waals surface area contributed by atoms with Crippen molar-refractivity contribution in [2.24, 2.45) is 0 Å². The summed E-state index contributed by atoms with van der Waals surface area (Å²) in [5, 5.41) is 13.5.